The van der Waals surface area contributed by atoms with E-state index in [1.165, 1.54) is 4.31 Å². The Balaban J connectivity index is 1.45. The minimum atomic E-state index is -3.40. The third-order valence-electron chi connectivity index (χ3n) is 6.52. The van der Waals surface area contributed by atoms with Crippen LogP contribution in [0.2, 0.25) is 0 Å². The third kappa shape index (κ3) is 7.52. The van der Waals surface area contributed by atoms with Crippen molar-refractivity contribution < 1.29 is 18.0 Å². The lowest BCUT2D eigenvalue weighted by Gasteiger charge is -2.37. The number of sulfonamides is 1. The number of nitrogens with one attached hydrogen (secondary N) is 1. The fourth-order valence-electron chi connectivity index (χ4n) is 4.66. The number of benzene rings is 1. The van der Waals surface area contributed by atoms with Crippen molar-refractivity contribution >= 4 is 21.8 Å². The fraction of sp³-hybridized carbons (Fsp3) is 0.667. The zero-order valence-electron chi connectivity index (χ0n) is 19.9. The summed E-state index contributed by atoms with van der Waals surface area (Å²) in [5, 5.41) is 3.10. The van der Waals surface area contributed by atoms with Gasteiger partial charge in [0.25, 0.3) is 0 Å². The van der Waals surface area contributed by atoms with Gasteiger partial charge >= 0.3 is 0 Å². The number of amides is 2. The van der Waals surface area contributed by atoms with Crippen molar-refractivity contribution in [3.05, 3.63) is 35.9 Å². The van der Waals surface area contributed by atoms with Crippen LogP contribution < -0.4 is 5.32 Å². The van der Waals surface area contributed by atoms with E-state index in [4.69, 9.17) is 0 Å². The van der Waals surface area contributed by atoms with Gasteiger partial charge in [0.05, 0.1) is 18.2 Å². The van der Waals surface area contributed by atoms with Gasteiger partial charge in [-0.05, 0) is 38.3 Å². The highest BCUT2D eigenvalue weighted by atomic mass is 32.2. The molecule has 3 rings (SSSR count). The normalized spacial score (nSPS) is 21.5. The van der Waals surface area contributed by atoms with E-state index in [0.717, 1.165) is 37.8 Å². The van der Waals surface area contributed by atoms with Crippen molar-refractivity contribution in [3.8, 4) is 0 Å². The molecule has 2 atom stereocenters. The number of nitrogens with zero attached hydrogens (tertiary/aromatic N) is 3. The Morgan fingerprint density at radius 3 is 2.45 bits per heavy atom. The molecule has 1 aromatic rings. The van der Waals surface area contributed by atoms with Crippen LogP contribution >= 0.6 is 0 Å². The van der Waals surface area contributed by atoms with E-state index in [2.05, 4.69) is 17.1 Å². The number of hydrogen-bond donors (Lipinski definition) is 1. The highest BCUT2D eigenvalue weighted by Gasteiger charge is 2.31. The molecule has 33 heavy (non-hydrogen) atoms. The highest BCUT2D eigenvalue weighted by Crippen LogP contribution is 2.18. The van der Waals surface area contributed by atoms with Gasteiger partial charge in [-0.2, -0.15) is 4.31 Å². The molecule has 2 saturated heterocycles. The molecule has 2 aliphatic heterocycles. The Labute approximate surface area is 198 Å². The van der Waals surface area contributed by atoms with Crippen LogP contribution in [-0.4, -0.2) is 86.2 Å². The monoisotopic (exact) mass is 478 g/mol. The van der Waals surface area contributed by atoms with Crippen molar-refractivity contribution in [2.75, 3.05) is 45.8 Å². The number of hydrogen-bond acceptors (Lipinski definition) is 5. The van der Waals surface area contributed by atoms with Crippen LogP contribution in [0.1, 0.15) is 45.1 Å². The largest absolute Gasteiger partial charge is 0.353 e. The average Bonchev–Trinajstić information content (AvgIpc) is 2.80. The van der Waals surface area contributed by atoms with Crippen LogP contribution in [0.25, 0.3) is 0 Å². The SMILES string of the molecule is CCCC(C)NC(=O)C1CCCN(CC(=O)N2CCN(S(=O)(=O)Cc3ccccc3)CC2)C1. The number of rotatable bonds is 9. The van der Waals surface area contributed by atoms with Crippen LogP contribution in [0.15, 0.2) is 30.3 Å². The number of carbonyl (C=O) groups is 2. The zero-order valence-corrected chi connectivity index (χ0v) is 20.7. The molecule has 0 spiro atoms. The van der Waals surface area contributed by atoms with Crippen LogP contribution in [-0.2, 0) is 25.4 Å². The van der Waals surface area contributed by atoms with E-state index in [-0.39, 0.29) is 36.1 Å². The standard InChI is InChI=1S/C24H38N4O4S/c1-3-8-20(2)25-24(30)22-11-7-12-26(17-22)18-23(29)27-13-15-28(16-14-27)33(31,32)19-21-9-5-4-6-10-21/h4-6,9-10,20,22H,3,7-8,11-19H2,1-2H3,(H,25,30). The molecule has 0 aromatic heterocycles. The highest BCUT2D eigenvalue weighted by molar-refractivity contribution is 7.88. The average molecular weight is 479 g/mol. The Morgan fingerprint density at radius 2 is 1.79 bits per heavy atom. The second-order valence-corrected chi connectivity index (χ2v) is 11.3. The molecule has 2 fully saturated rings. The molecule has 2 amide bonds. The first-order valence-electron chi connectivity index (χ1n) is 12.1. The lowest BCUT2D eigenvalue weighted by atomic mass is 9.96. The van der Waals surface area contributed by atoms with Gasteiger partial charge in [-0.3, -0.25) is 14.5 Å². The predicted octanol–water partition coefficient (Wildman–Crippen LogP) is 1.68. The number of likely N-dealkylation sites (tertiary alicyclic amines) is 1. The molecule has 1 N–H and O–H groups in total. The molecule has 2 heterocycles. The van der Waals surface area contributed by atoms with Gasteiger partial charge < -0.3 is 10.2 Å². The first-order chi connectivity index (χ1) is 15.8. The molecule has 2 unspecified atom stereocenters. The van der Waals surface area contributed by atoms with Crippen molar-refractivity contribution in [1.29, 1.82) is 0 Å². The molecule has 0 saturated carbocycles. The van der Waals surface area contributed by atoms with Gasteiger partial charge in [0, 0.05) is 38.8 Å². The summed E-state index contributed by atoms with van der Waals surface area (Å²) >= 11 is 0. The Bertz CT molecular complexity index is 885. The maximum absolute atomic E-state index is 12.9. The maximum Gasteiger partial charge on any atom is 0.236 e. The molecule has 0 bridgehead atoms. The molecule has 9 heteroatoms. The van der Waals surface area contributed by atoms with E-state index in [9.17, 15) is 18.0 Å². The van der Waals surface area contributed by atoms with Crippen molar-refractivity contribution in [1.82, 2.24) is 19.4 Å². The maximum atomic E-state index is 12.9. The summed E-state index contributed by atoms with van der Waals surface area (Å²) in [5.74, 6) is 0.00211. The van der Waals surface area contributed by atoms with Crippen LogP contribution in [0.5, 0.6) is 0 Å². The Morgan fingerprint density at radius 1 is 1.09 bits per heavy atom. The third-order valence-corrected chi connectivity index (χ3v) is 8.37. The van der Waals surface area contributed by atoms with Crippen molar-refractivity contribution in [2.24, 2.45) is 5.92 Å². The number of piperidine rings is 1. The number of carbonyl (C=O) groups excluding carboxylic acids is 2. The summed E-state index contributed by atoms with van der Waals surface area (Å²) in [6.45, 7) is 7.28. The van der Waals surface area contributed by atoms with E-state index in [0.29, 0.717) is 32.7 Å². The smallest absolute Gasteiger partial charge is 0.236 e. The minimum Gasteiger partial charge on any atom is -0.353 e. The Hall–Kier alpha value is -1.97. The predicted molar refractivity (Wildman–Crippen MR) is 129 cm³/mol. The van der Waals surface area contributed by atoms with E-state index in [1.807, 2.05) is 37.3 Å². The second kappa shape index (κ2) is 11.9. The molecule has 1 aromatic carbocycles. The minimum absolute atomic E-state index is 0.00974. The second-order valence-electron chi connectivity index (χ2n) is 9.29. The van der Waals surface area contributed by atoms with Gasteiger partial charge in [0.1, 0.15) is 0 Å². The zero-order chi connectivity index (χ0) is 23.8. The molecule has 8 nitrogen and oxygen atoms in total. The molecule has 184 valence electrons. The first kappa shape index (κ1) is 25.6. The molecule has 2 aliphatic rings. The summed E-state index contributed by atoms with van der Waals surface area (Å²) in [6.07, 6.45) is 3.76. The Kier molecular flexibility index (Phi) is 9.28. The van der Waals surface area contributed by atoms with Gasteiger partial charge in [0.15, 0.2) is 0 Å². The van der Waals surface area contributed by atoms with Crippen LogP contribution in [0.3, 0.4) is 0 Å². The van der Waals surface area contributed by atoms with E-state index in [1.54, 1.807) is 4.90 Å². The van der Waals surface area contributed by atoms with Crippen LogP contribution in [0, 0.1) is 5.92 Å². The fourth-order valence-corrected chi connectivity index (χ4v) is 6.18. The summed E-state index contributed by atoms with van der Waals surface area (Å²) < 4.78 is 27.0. The van der Waals surface area contributed by atoms with E-state index >= 15 is 0 Å². The van der Waals surface area contributed by atoms with Crippen molar-refractivity contribution in [3.63, 3.8) is 0 Å². The lowest BCUT2D eigenvalue weighted by Crippen LogP contribution is -2.54. The summed E-state index contributed by atoms with van der Waals surface area (Å²) in [7, 11) is -3.40. The van der Waals surface area contributed by atoms with Crippen LogP contribution in [0.4, 0.5) is 0 Å². The van der Waals surface area contributed by atoms with E-state index < -0.39 is 10.0 Å². The quantitative estimate of drug-likeness (QED) is 0.583. The van der Waals surface area contributed by atoms with Gasteiger partial charge in [0.2, 0.25) is 21.8 Å². The summed E-state index contributed by atoms with van der Waals surface area (Å²) in [5.41, 5.74) is 0.767. The van der Waals surface area contributed by atoms with Crippen molar-refractivity contribution in [2.45, 2.75) is 51.3 Å². The number of piperazine rings is 1. The lowest BCUT2D eigenvalue weighted by molar-refractivity contribution is -0.135. The first-order valence-corrected chi connectivity index (χ1v) is 13.7. The summed E-state index contributed by atoms with van der Waals surface area (Å²) in [4.78, 5) is 29.3. The topological polar surface area (TPSA) is 90.0 Å². The van der Waals surface area contributed by atoms with Gasteiger partial charge in [-0.25, -0.2) is 8.42 Å². The summed E-state index contributed by atoms with van der Waals surface area (Å²) in [6, 6.07) is 9.34. The van der Waals surface area contributed by atoms with Gasteiger partial charge in [-0.1, -0.05) is 43.7 Å². The molecular weight excluding hydrogens is 440 g/mol. The van der Waals surface area contributed by atoms with Gasteiger partial charge in [-0.15, -0.1) is 0 Å². The molecule has 0 aliphatic carbocycles. The molecular formula is C24H38N4O4S. The molecule has 0 radical (unpaired) electrons.